The fraction of sp³-hybridized carbons (Fsp3) is 0.176. The molecule has 0 radical (unpaired) electrons. The lowest BCUT2D eigenvalue weighted by Crippen LogP contribution is -2.21. The molecule has 0 aliphatic heterocycles. The molecule has 1 atom stereocenters. The number of para-hydroxylation sites is 1. The Balaban J connectivity index is 1.86. The minimum absolute atomic E-state index is 0.174. The van der Waals surface area contributed by atoms with Gasteiger partial charge in [0.15, 0.2) is 0 Å². The van der Waals surface area contributed by atoms with E-state index in [9.17, 15) is 5.11 Å². The minimum Gasteiger partial charge on any atom is -0.390 e. The number of benzene rings is 2. The monoisotopic (exact) mass is 329 g/mol. The molecule has 2 aromatic carbocycles. The molecular weight excluding hydrogens is 314 g/mol. The van der Waals surface area contributed by atoms with Gasteiger partial charge in [0.1, 0.15) is 0 Å². The van der Waals surface area contributed by atoms with Crippen LogP contribution in [0.1, 0.15) is 0 Å². The maximum atomic E-state index is 9.59. The summed E-state index contributed by atoms with van der Waals surface area (Å²) >= 11 is 5.62. The summed E-state index contributed by atoms with van der Waals surface area (Å²) in [7, 11) is 0. The average Bonchev–Trinajstić information content (AvgIpc) is 3.10. The third-order valence-corrected chi connectivity index (χ3v) is 3.68. The summed E-state index contributed by atoms with van der Waals surface area (Å²) in [5, 5.41) is 16.8. The van der Waals surface area contributed by atoms with Crippen molar-refractivity contribution in [2.75, 3.05) is 17.7 Å². The van der Waals surface area contributed by atoms with Gasteiger partial charge < -0.3 is 14.9 Å². The van der Waals surface area contributed by atoms with Crippen molar-refractivity contribution in [3.05, 3.63) is 54.6 Å². The number of rotatable bonds is 6. The van der Waals surface area contributed by atoms with E-state index in [1.165, 1.54) is 0 Å². The third kappa shape index (κ3) is 3.70. The van der Waals surface area contributed by atoms with Crippen LogP contribution in [-0.4, -0.2) is 33.8 Å². The molecule has 3 aromatic rings. The van der Waals surface area contributed by atoms with Crippen molar-refractivity contribution in [1.82, 2.24) is 10.1 Å². The number of aromatic nitrogens is 2. The molecule has 1 aromatic heterocycles. The van der Waals surface area contributed by atoms with Crippen LogP contribution in [0.3, 0.4) is 0 Å². The molecule has 6 heteroatoms. The summed E-state index contributed by atoms with van der Waals surface area (Å²) < 4.78 is 5.39. The number of aliphatic hydroxyl groups is 1. The van der Waals surface area contributed by atoms with Crippen molar-refractivity contribution in [3.8, 4) is 22.8 Å². The van der Waals surface area contributed by atoms with Crippen LogP contribution in [-0.2, 0) is 0 Å². The zero-order chi connectivity index (χ0) is 16.1. The van der Waals surface area contributed by atoms with E-state index in [-0.39, 0.29) is 5.88 Å². The highest BCUT2D eigenvalue weighted by atomic mass is 35.5. The average molecular weight is 330 g/mol. The van der Waals surface area contributed by atoms with Gasteiger partial charge in [0.05, 0.1) is 17.5 Å². The lowest BCUT2D eigenvalue weighted by molar-refractivity contribution is 0.211. The molecule has 0 saturated carbocycles. The highest BCUT2D eigenvalue weighted by Gasteiger charge is 2.14. The van der Waals surface area contributed by atoms with Crippen LogP contribution in [0.5, 0.6) is 0 Å². The quantitative estimate of drug-likeness (QED) is 0.678. The predicted octanol–water partition coefficient (Wildman–Crippen LogP) is 3.42. The van der Waals surface area contributed by atoms with E-state index in [4.69, 9.17) is 16.1 Å². The van der Waals surface area contributed by atoms with Crippen molar-refractivity contribution < 1.29 is 9.63 Å². The molecule has 0 fully saturated rings. The Kier molecular flexibility index (Phi) is 4.90. The second-order valence-corrected chi connectivity index (χ2v) is 5.33. The van der Waals surface area contributed by atoms with Gasteiger partial charge in [-0.15, -0.1) is 11.6 Å². The fourth-order valence-corrected chi connectivity index (χ4v) is 2.25. The van der Waals surface area contributed by atoms with Crippen molar-refractivity contribution in [2.45, 2.75) is 6.10 Å². The SMILES string of the molecule is OC(CCl)CNc1ccccc1-c1nc(-c2ccccc2)no1. The van der Waals surface area contributed by atoms with Gasteiger partial charge in [-0.2, -0.15) is 4.98 Å². The number of hydrogen-bond acceptors (Lipinski definition) is 5. The molecule has 0 aliphatic rings. The van der Waals surface area contributed by atoms with Crippen LogP contribution in [0.4, 0.5) is 5.69 Å². The van der Waals surface area contributed by atoms with E-state index in [0.717, 1.165) is 16.8 Å². The van der Waals surface area contributed by atoms with E-state index in [0.29, 0.717) is 18.3 Å². The van der Waals surface area contributed by atoms with E-state index in [1.807, 2.05) is 54.6 Å². The zero-order valence-electron chi connectivity index (χ0n) is 12.3. The zero-order valence-corrected chi connectivity index (χ0v) is 13.1. The number of hydrogen-bond donors (Lipinski definition) is 2. The molecule has 1 unspecified atom stereocenters. The molecule has 0 aliphatic carbocycles. The Morgan fingerprint density at radius 3 is 2.61 bits per heavy atom. The molecule has 0 bridgehead atoms. The third-order valence-electron chi connectivity index (χ3n) is 3.32. The van der Waals surface area contributed by atoms with E-state index in [1.54, 1.807) is 0 Å². The van der Waals surface area contributed by atoms with Gasteiger partial charge in [-0.25, -0.2) is 0 Å². The van der Waals surface area contributed by atoms with E-state index in [2.05, 4.69) is 15.5 Å². The summed E-state index contributed by atoms with van der Waals surface area (Å²) in [4.78, 5) is 4.45. The van der Waals surface area contributed by atoms with Crippen LogP contribution >= 0.6 is 11.6 Å². The van der Waals surface area contributed by atoms with Crippen LogP contribution in [0.15, 0.2) is 59.1 Å². The molecule has 2 N–H and O–H groups in total. The Morgan fingerprint density at radius 1 is 1.09 bits per heavy atom. The van der Waals surface area contributed by atoms with E-state index >= 15 is 0 Å². The van der Waals surface area contributed by atoms with Gasteiger partial charge in [0.25, 0.3) is 5.89 Å². The lowest BCUT2D eigenvalue weighted by Gasteiger charge is -2.12. The molecular formula is C17H16ClN3O2. The highest BCUT2D eigenvalue weighted by molar-refractivity contribution is 6.18. The highest BCUT2D eigenvalue weighted by Crippen LogP contribution is 2.28. The first kappa shape index (κ1) is 15.5. The first-order chi connectivity index (χ1) is 11.3. The summed E-state index contributed by atoms with van der Waals surface area (Å²) in [5.74, 6) is 1.14. The normalized spacial score (nSPS) is 12.1. The topological polar surface area (TPSA) is 71.2 Å². The second kappa shape index (κ2) is 7.26. The minimum atomic E-state index is -0.618. The molecule has 1 heterocycles. The number of alkyl halides is 1. The number of nitrogens with zero attached hydrogens (tertiary/aromatic N) is 2. The van der Waals surface area contributed by atoms with Crippen LogP contribution in [0.25, 0.3) is 22.8 Å². The van der Waals surface area contributed by atoms with Crippen molar-refractivity contribution >= 4 is 17.3 Å². The molecule has 118 valence electrons. The number of aliphatic hydroxyl groups excluding tert-OH is 1. The summed E-state index contributed by atoms with van der Waals surface area (Å²) in [6, 6.07) is 17.2. The summed E-state index contributed by atoms with van der Waals surface area (Å²) in [5.41, 5.74) is 2.48. The number of nitrogens with one attached hydrogen (secondary N) is 1. The molecule has 5 nitrogen and oxygen atoms in total. The smallest absolute Gasteiger partial charge is 0.260 e. The molecule has 0 spiro atoms. The van der Waals surface area contributed by atoms with Gasteiger partial charge in [-0.3, -0.25) is 0 Å². The predicted molar refractivity (Wildman–Crippen MR) is 90.4 cm³/mol. The Morgan fingerprint density at radius 2 is 1.83 bits per heavy atom. The Bertz CT molecular complexity index is 761. The van der Waals surface area contributed by atoms with Crippen LogP contribution in [0.2, 0.25) is 0 Å². The van der Waals surface area contributed by atoms with Gasteiger partial charge in [-0.1, -0.05) is 47.6 Å². The summed E-state index contributed by atoms with van der Waals surface area (Å²) in [6.07, 6.45) is -0.618. The first-order valence-electron chi connectivity index (χ1n) is 7.24. The molecule has 23 heavy (non-hydrogen) atoms. The number of halogens is 1. The fourth-order valence-electron chi connectivity index (χ4n) is 2.14. The Labute approximate surface area is 138 Å². The molecule has 0 saturated heterocycles. The first-order valence-corrected chi connectivity index (χ1v) is 7.78. The Hall–Kier alpha value is -2.37. The molecule has 0 amide bonds. The van der Waals surface area contributed by atoms with Crippen molar-refractivity contribution in [1.29, 1.82) is 0 Å². The van der Waals surface area contributed by atoms with Crippen molar-refractivity contribution in [2.24, 2.45) is 0 Å². The lowest BCUT2D eigenvalue weighted by atomic mass is 10.1. The van der Waals surface area contributed by atoms with Crippen LogP contribution in [0, 0.1) is 0 Å². The van der Waals surface area contributed by atoms with Gasteiger partial charge in [-0.05, 0) is 12.1 Å². The van der Waals surface area contributed by atoms with Crippen molar-refractivity contribution in [3.63, 3.8) is 0 Å². The largest absolute Gasteiger partial charge is 0.390 e. The van der Waals surface area contributed by atoms with Gasteiger partial charge in [0, 0.05) is 17.8 Å². The van der Waals surface area contributed by atoms with Gasteiger partial charge >= 0.3 is 0 Å². The van der Waals surface area contributed by atoms with Crippen LogP contribution < -0.4 is 5.32 Å². The summed E-state index contributed by atoms with van der Waals surface area (Å²) in [6.45, 7) is 0.347. The second-order valence-electron chi connectivity index (χ2n) is 5.02. The van der Waals surface area contributed by atoms with E-state index < -0.39 is 6.10 Å². The standard InChI is InChI=1S/C17H16ClN3O2/c18-10-13(22)11-19-15-9-5-4-8-14(15)17-20-16(21-23-17)12-6-2-1-3-7-12/h1-9,13,19,22H,10-11H2. The molecule has 3 rings (SSSR count). The maximum Gasteiger partial charge on any atom is 0.260 e. The van der Waals surface area contributed by atoms with Gasteiger partial charge in [0.2, 0.25) is 5.82 Å². The maximum absolute atomic E-state index is 9.59. The number of anilines is 1.